The first kappa shape index (κ1) is 15.5. The van der Waals surface area contributed by atoms with Crippen LogP contribution in [0.15, 0.2) is 42.5 Å². The molecule has 24 heavy (non-hydrogen) atoms. The number of aryl methyl sites for hydroxylation is 1. The molecule has 1 saturated heterocycles. The van der Waals surface area contributed by atoms with Gasteiger partial charge in [-0.15, -0.1) is 0 Å². The van der Waals surface area contributed by atoms with Crippen LogP contribution in [0.1, 0.15) is 46.7 Å². The molecule has 124 valence electrons. The summed E-state index contributed by atoms with van der Waals surface area (Å²) in [5.74, 6) is 0.384. The van der Waals surface area contributed by atoms with Gasteiger partial charge in [-0.1, -0.05) is 35.9 Å². The molecule has 2 aromatic carbocycles. The lowest BCUT2D eigenvalue weighted by molar-refractivity contribution is 0.0546. The lowest BCUT2D eigenvalue weighted by atomic mass is 9.74. The average molecular weight is 342 g/mol. The maximum absolute atomic E-state index is 13.0. The molecule has 1 aliphatic heterocycles. The molecule has 2 aliphatic rings. The van der Waals surface area contributed by atoms with Crippen molar-refractivity contribution in [1.82, 2.24) is 4.90 Å². The molecule has 0 bridgehead atoms. The smallest absolute Gasteiger partial charge is 0.254 e. The van der Waals surface area contributed by atoms with Gasteiger partial charge in [0.15, 0.2) is 0 Å². The molecule has 4 rings (SSSR count). The Morgan fingerprint density at radius 3 is 2.83 bits per heavy atom. The van der Waals surface area contributed by atoms with Crippen LogP contribution in [0, 0.1) is 0 Å². The van der Waals surface area contributed by atoms with Crippen molar-refractivity contribution in [3.8, 4) is 5.75 Å². The number of carbonyl (C=O) groups excluding carboxylic acids is 1. The highest BCUT2D eigenvalue weighted by Crippen LogP contribution is 2.41. The largest absolute Gasteiger partial charge is 0.506 e. The van der Waals surface area contributed by atoms with Crippen molar-refractivity contribution in [3.63, 3.8) is 0 Å². The van der Waals surface area contributed by atoms with Crippen LogP contribution in [0.25, 0.3) is 0 Å². The molecule has 0 radical (unpaired) electrons. The third kappa shape index (κ3) is 2.57. The summed E-state index contributed by atoms with van der Waals surface area (Å²) in [4.78, 5) is 15.0. The fourth-order valence-corrected chi connectivity index (χ4v) is 4.38. The van der Waals surface area contributed by atoms with E-state index in [-0.39, 0.29) is 22.7 Å². The Kier molecular flexibility index (Phi) is 3.97. The lowest BCUT2D eigenvalue weighted by Crippen LogP contribution is -2.49. The minimum atomic E-state index is -0.0370. The van der Waals surface area contributed by atoms with Crippen LogP contribution < -0.4 is 0 Å². The van der Waals surface area contributed by atoms with Gasteiger partial charge >= 0.3 is 0 Å². The van der Waals surface area contributed by atoms with Crippen molar-refractivity contribution in [2.75, 3.05) is 6.54 Å². The Hall–Kier alpha value is -2.00. The minimum absolute atomic E-state index is 0.00366. The Morgan fingerprint density at radius 1 is 1.17 bits per heavy atom. The van der Waals surface area contributed by atoms with E-state index in [0.717, 1.165) is 32.2 Å². The average Bonchev–Trinajstić information content (AvgIpc) is 2.62. The Balaban J connectivity index is 1.64. The first-order valence-corrected chi connectivity index (χ1v) is 8.90. The molecule has 0 aromatic heterocycles. The first-order valence-electron chi connectivity index (χ1n) is 8.52. The van der Waals surface area contributed by atoms with E-state index in [1.54, 1.807) is 12.1 Å². The summed E-state index contributed by atoms with van der Waals surface area (Å²) >= 11 is 5.86. The summed E-state index contributed by atoms with van der Waals surface area (Å²) in [6.07, 6.45) is 4.18. The maximum atomic E-state index is 13.0. The third-order valence-corrected chi connectivity index (χ3v) is 5.72. The van der Waals surface area contributed by atoms with Crippen LogP contribution in [0.5, 0.6) is 5.75 Å². The van der Waals surface area contributed by atoms with E-state index in [4.69, 9.17) is 11.6 Å². The fraction of sp³-hybridized carbons (Fsp3) is 0.350. The minimum Gasteiger partial charge on any atom is -0.506 e. The Bertz CT molecular complexity index is 789. The molecule has 0 unspecified atom stereocenters. The van der Waals surface area contributed by atoms with E-state index in [2.05, 4.69) is 24.3 Å². The number of piperidine rings is 1. The van der Waals surface area contributed by atoms with Crippen LogP contribution >= 0.6 is 11.6 Å². The first-order chi connectivity index (χ1) is 11.6. The van der Waals surface area contributed by atoms with Gasteiger partial charge in [-0.2, -0.15) is 0 Å². The van der Waals surface area contributed by atoms with Crippen LogP contribution in [0.4, 0.5) is 0 Å². The number of aromatic hydroxyl groups is 1. The van der Waals surface area contributed by atoms with Gasteiger partial charge in [0.25, 0.3) is 5.91 Å². The van der Waals surface area contributed by atoms with Gasteiger partial charge in [0.05, 0.1) is 5.02 Å². The number of phenols is 1. The number of phenolic OH excluding ortho intramolecular Hbond substituents is 1. The zero-order valence-electron chi connectivity index (χ0n) is 13.4. The summed E-state index contributed by atoms with van der Waals surface area (Å²) in [7, 11) is 0. The number of carbonyl (C=O) groups is 1. The predicted octanol–water partition coefficient (Wildman–Crippen LogP) is 4.38. The van der Waals surface area contributed by atoms with Gasteiger partial charge in [-0.05, 0) is 55.0 Å². The van der Waals surface area contributed by atoms with Gasteiger partial charge in [0.1, 0.15) is 5.75 Å². The van der Waals surface area contributed by atoms with Gasteiger partial charge in [0.2, 0.25) is 0 Å². The second kappa shape index (κ2) is 6.14. The van der Waals surface area contributed by atoms with Gasteiger partial charge < -0.3 is 10.0 Å². The van der Waals surface area contributed by atoms with Crippen LogP contribution in [0.3, 0.4) is 0 Å². The van der Waals surface area contributed by atoms with Crippen molar-refractivity contribution in [2.24, 2.45) is 0 Å². The second-order valence-electron chi connectivity index (χ2n) is 6.72. The van der Waals surface area contributed by atoms with Crippen molar-refractivity contribution in [2.45, 2.75) is 37.6 Å². The molecule has 0 saturated carbocycles. The van der Waals surface area contributed by atoms with Crippen LogP contribution in [0.2, 0.25) is 5.02 Å². The molecule has 1 amide bonds. The molecular weight excluding hydrogens is 322 g/mol. The van der Waals surface area contributed by atoms with E-state index in [9.17, 15) is 9.90 Å². The molecule has 2 atom stereocenters. The van der Waals surface area contributed by atoms with Crippen LogP contribution in [-0.2, 0) is 6.42 Å². The highest BCUT2D eigenvalue weighted by molar-refractivity contribution is 6.32. The number of likely N-dealkylation sites (tertiary alicyclic amines) is 1. The number of rotatable bonds is 1. The number of hydrogen-bond donors (Lipinski definition) is 1. The number of nitrogens with zero attached hydrogens (tertiary/aromatic N) is 1. The van der Waals surface area contributed by atoms with Crippen molar-refractivity contribution >= 4 is 17.5 Å². The summed E-state index contributed by atoms with van der Waals surface area (Å²) in [6, 6.07) is 13.6. The van der Waals surface area contributed by atoms with Crippen molar-refractivity contribution in [3.05, 3.63) is 64.2 Å². The van der Waals surface area contributed by atoms with Gasteiger partial charge in [-0.25, -0.2) is 0 Å². The van der Waals surface area contributed by atoms with E-state index in [0.29, 0.717) is 11.5 Å². The Labute approximate surface area is 146 Å². The van der Waals surface area contributed by atoms with Crippen LogP contribution in [-0.4, -0.2) is 28.5 Å². The maximum Gasteiger partial charge on any atom is 0.254 e. The SMILES string of the molecule is O=C(c1ccc(Cl)c(O)c1)N1CCC[C@@H]2c3ccccc3CC[C@@H]21. The summed E-state index contributed by atoms with van der Waals surface area (Å²) < 4.78 is 0. The molecule has 1 fully saturated rings. The Morgan fingerprint density at radius 2 is 2.00 bits per heavy atom. The third-order valence-electron chi connectivity index (χ3n) is 5.40. The molecule has 4 heteroatoms. The molecular formula is C20H20ClNO2. The molecule has 1 N–H and O–H groups in total. The zero-order valence-corrected chi connectivity index (χ0v) is 14.2. The van der Waals surface area contributed by atoms with E-state index < -0.39 is 0 Å². The topological polar surface area (TPSA) is 40.5 Å². The molecule has 3 nitrogen and oxygen atoms in total. The quantitative estimate of drug-likeness (QED) is 0.836. The zero-order chi connectivity index (χ0) is 16.7. The fourth-order valence-electron chi connectivity index (χ4n) is 4.27. The normalized spacial score (nSPS) is 22.6. The molecule has 2 aromatic rings. The van der Waals surface area contributed by atoms with Gasteiger partial charge in [0, 0.05) is 24.1 Å². The number of halogens is 1. The van der Waals surface area contributed by atoms with E-state index >= 15 is 0 Å². The number of hydrogen-bond acceptors (Lipinski definition) is 2. The molecule has 1 aliphatic carbocycles. The number of fused-ring (bicyclic) bond motifs is 3. The number of amides is 1. The summed E-state index contributed by atoms with van der Waals surface area (Å²) in [5.41, 5.74) is 3.35. The van der Waals surface area contributed by atoms with Crippen molar-refractivity contribution < 1.29 is 9.90 Å². The van der Waals surface area contributed by atoms with Crippen molar-refractivity contribution in [1.29, 1.82) is 0 Å². The predicted molar refractivity (Wildman–Crippen MR) is 94.7 cm³/mol. The highest BCUT2D eigenvalue weighted by Gasteiger charge is 2.38. The highest BCUT2D eigenvalue weighted by atomic mass is 35.5. The van der Waals surface area contributed by atoms with Gasteiger partial charge in [-0.3, -0.25) is 4.79 Å². The van der Waals surface area contributed by atoms with E-state index in [1.807, 2.05) is 4.90 Å². The molecule has 0 spiro atoms. The molecule has 1 heterocycles. The monoisotopic (exact) mass is 341 g/mol. The van der Waals surface area contributed by atoms with E-state index in [1.165, 1.54) is 17.2 Å². The second-order valence-corrected chi connectivity index (χ2v) is 7.13. The summed E-state index contributed by atoms with van der Waals surface area (Å²) in [6.45, 7) is 0.783. The number of benzene rings is 2. The standard InChI is InChI=1S/C20H20ClNO2/c21-17-9-7-14(12-19(17)23)20(24)22-11-3-6-16-15-5-2-1-4-13(15)8-10-18(16)22/h1-2,4-5,7,9,12,16,18,23H,3,6,8,10-11H2/t16-,18+/m1/s1. The lowest BCUT2D eigenvalue weighted by Gasteiger charge is -2.45. The summed E-state index contributed by atoms with van der Waals surface area (Å²) in [5, 5.41) is 10.1.